The third kappa shape index (κ3) is 3.18. The van der Waals surface area contributed by atoms with E-state index < -0.39 is 0 Å². The van der Waals surface area contributed by atoms with E-state index in [1.54, 1.807) is 0 Å². The normalized spacial score (nSPS) is 16.2. The molecule has 0 aromatic carbocycles. The molecule has 0 atom stereocenters. The fourth-order valence-electron chi connectivity index (χ4n) is 2.90. The van der Waals surface area contributed by atoms with Crippen LogP contribution < -0.4 is 5.32 Å². The number of imidazole rings is 1. The Morgan fingerprint density at radius 3 is 2.90 bits per heavy atom. The van der Waals surface area contributed by atoms with Gasteiger partial charge in [-0.3, -0.25) is 4.98 Å². The molecule has 20 heavy (non-hydrogen) atoms. The molecule has 0 radical (unpaired) electrons. The number of aryl methyl sites for hydroxylation is 1. The Morgan fingerprint density at radius 2 is 2.15 bits per heavy atom. The summed E-state index contributed by atoms with van der Waals surface area (Å²) in [7, 11) is 0. The highest BCUT2D eigenvalue weighted by atomic mass is 15.2. The van der Waals surface area contributed by atoms with E-state index in [1.165, 1.54) is 37.7 Å². The van der Waals surface area contributed by atoms with E-state index >= 15 is 0 Å². The smallest absolute Gasteiger partial charge is 0.203 e. The molecule has 3 rings (SSSR count). The SMILES string of the molecule is Cc1cn(Cc2cccnc2)c(NC2CCCCC2)n1. The predicted molar refractivity (Wildman–Crippen MR) is 80.8 cm³/mol. The lowest BCUT2D eigenvalue weighted by Gasteiger charge is -2.23. The number of anilines is 1. The molecule has 2 heterocycles. The molecular formula is C16H22N4. The fourth-order valence-corrected chi connectivity index (χ4v) is 2.90. The highest BCUT2D eigenvalue weighted by Crippen LogP contribution is 2.22. The molecule has 0 aliphatic heterocycles. The van der Waals surface area contributed by atoms with Gasteiger partial charge in [-0.2, -0.15) is 0 Å². The van der Waals surface area contributed by atoms with Crippen molar-refractivity contribution in [1.82, 2.24) is 14.5 Å². The molecule has 1 aliphatic rings. The lowest BCUT2D eigenvalue weighted by atomic mass is 9.96. The maximum absolute atomic E-state index is 4.63. The van der Waals surface area contributed by atoms with Gasteiger partial charge in [0.2, 0.25) is 5.95 Å². The minimum atomic E-state index is 0.582. The number of hydrogen-bond acceptors (Lipinski definition) is 3. The van der Waals surface area contributed by atoms with E-state index in [1.807, 2.05) is 25.4 Å². The minimum Gasteiger partial charge on any atom is -0.353 e. The van der Waals surface area contributed by atoms with Gasteiger partial charge in [-0.05, 0) is 31.4 Å². The van der Waals surface area contributed by atoms with Crippen LogP contribution in [0.15, 0.2) is 30.7 Å². The summed E-state index contributed by atoms with van der Waals surface area (Å²) in [5.74, 6) is 0.998. The number of nitrogens with zero attached hydrogens (tertiary/aromatic N) is 3. The summed E-state index contributed by atoms with van der Waals surface area (Å²) in [6.45, 7) is 2.87. The van der Waals surface area contributed by atoms with E-state index in [2.05, 4.69) is 32.1 Å². The van der Waals surface area contributed by atoms with Gasteiger partial charge in [-0.15, -0.1) is 0 Å². The van der Waals surface area contributed by atoms with Crippen LogP contribution in [0, 0.1) is 6.92 Å². The van der Waals surface area contributed by atoms with Gasteiger partial charge in [0.15, 0.2) is 0 Å². The topological polar surface area (TPSA) is 42.7 Å². The zero-order chi connectivity index (χ0) is 13.8. The maximum Gasteiger partial charge on any atom is 0.203 e. The predicted octanol–water partition coefficient (Wildman–Crippen LogP) is 3.38. The Kier molecular flexibility index (Phi) is 4.00. The lowest BCUT2D eigenvalue weighted by molar-refractivity contribution is 0.459. The molecule has 4 nitrogen and oxygen atoms in total. The first-order chi connectivity index (χ1) is 9.81. The first-order valence-corrected chi connectivity index (χ1v) is 7.50. The minimum absolute atomic E-state index is 0.582. The van der Waals surface area contributed by atoms with E-state index in [9.17, 15) is 0 Å². The Bertz CT molecular complexity index is 541. The largest absolute Gasteiger partial charge is 0.353 e. The third-order valence-electron chi connectivity index (χ3n) is 3.91. The van der Waals surface area contributed by atoms with E-state index in [-0.39, 0.29) is 0 Å². The van der Waals surface area contributed by atoms with Crippen molar-refractivity contribution in [2.24, 2.45) is 0 Å². The van der Waals surface area contributed by atoms with Gasteiger partial charge in [0.1, 0.15) is 0 Å². The fraction of sp³-hybridized carbons (Fsp3) is 0.500. The van der Waals surface area contributed by atoms with Crippen LogP contribution in [0.4, 0.5) is 5.95 Å². The van der Waals surface area contributed by atoms with Crippen LogP contribution in [0.2, 0.25) is 0 Å². The van der Waals surface area contributed by atoms with Crippen LogP contribution in [-0.2, 0) is 6.54 Å². The molecule has 0 amide bonds. The van der Waals surface area contributed by atoms with Crippen LogP contribution in [-0.4, -0.2) is 20.6 Å². The first kappa shape index (κ1) is 13.2. The highest BCUT2D eigenvalue weighted by Gasteiger charge is 2.16. The zero-order valence-corrected chi connectivity index (χ0v) is 12.0. The average Bonchev–Trinajstić information content (AvgIpc) is 2.81. The Hall–Kier alpha value is -1.84. The zero-order valence-electron chi connectivity index (χ0n) is 12.0. The van der Waals surface area contributed by atoms with Crippen molar-refractivity contribution in [3.63, 3.8) is 0 Å². The van der Waals surface area contributed by atoms with Gasteiger partial charge >= 0.3 is 0 Å². The second-order valence-electron chi connectivity index (χ2n) is 5.67. The van der Waals surface area contributed by atoms with Crippen LogP contribution in [0.3, 0.4) is 0 Å². The molecule has 1 N–H and O–H groups in total. The van der Waals surface area contributed by atoms with Gasteiger partial charge in [0.25, 0.3) is 0 Å². The Morgan fingerprint density at radius 1 is 1.30 bits per heavy atom. The van der Waals surface area contributed by atoms with Crippen LogP contribution in [0.1, 0.15) is 43.4 Å². The summed E-state index contributed by atoms with van der Waals surface area (Å²) in [5, 5.41) is 3.62. The Balaban J connectivity index is 1.73. The quantitative estimate of drug-likeness (QED) is 0.926. The summed E-state index contributed by atoms with van der Waals surface area (Å²) >= 11 is 0. The summed E-state index contributed by atoms with van der Waals surface area (Å²) in [6, 6.07) is 4.67. The van der Waals surface area contributed by atoms with Gasteiger partial charge in [-0.25, -0.2) is 4.98 Å². The molecule has 2 aromatic heterocycles. The van der Waals surface area contributed by atoms with Crippen molar-refractivity contribution in [2.45, 2.75) is 51.6 Å². The van der Waals surface area contributed by atoms with Crippen LogP contribution in [0.25, 0.3) is 0 Å². The van der Waals surface area contributed by atoms with E-state index in [4.69, 9.17) is 0 Å². The van der Waals surface area contributed by atoms with Crippen molar-refractivity contribution in [2.75, 3.05) is 5.32 Å². The summed E-state index contributed by atoms with van der Waals surface area (Å²) in [4.78, 5) is 8.81. The molecule has 106 valence electrons. The standard InChI is InChI=1S/C16H22N4/c1-13-11-20(12-14-6-5-9-17-10-14)16(18-13)19-15-7-3-2-4-8-15/h5-6,9-11,15H,2-4,7-8,12H2,1H3,(H,18,19). The number of aromatic nitrogens is 3. The monoisotopic (exact) mass is 270 g/mol. The van der Waals surface area contributed by atoms with Crippen molar-refractivity contribution in [3.8, 4) is 0 Å². The van der Waals surface area contributed by atoms with Crippen molar-refractivity contribution in [3.05, 3.63) is 42.0 Å². The van der Waals surface area contributed by atoms with Crippen LogP contribution >= 0.6 is 0 Å². The summed E-state index contributed by atoms with van der Waals surface area (Å²) in [5.41, 5.74) is 2.27. The van der Waals surface area contributed by atoms with Crippen LogP contribution in [0.5, 0.6) is 0 Å². The van der Waals surface area contributed by atoms with Crippen molar-refractivity contribution < 1.29 is 0 Å². The second kappa shape index (κ2) is 6.07. The maximum atomic E-state index is 4.63. The molecular weight excluding hydrogens is 248 g/mol. The van der Waals surface area contributed by atoms with Gasteiger partial charge in [0, 0.05) is 24.6 Å². The third-order valence-corrected chi connectivity index (χ3v) is 3.91. The average molecular weight is 270 g/mol. The molecule has 1 fully saturated rings. The molecule has 0 spiro atoms. The highest BCUT2D eigenvalue weighted by molar-refractivity contribution is 5.31. The van der Waals surface area contributed by atoms with Gasteiger partial charge in [0.05, 0.1) is 12.2 Å². The number of hydrogen-bond donors (Lipinski definition) is 1. The number of pyridine rings is 1. The second-order valence-corrected chi connectivity index (χ2v) is 5.67. The van der Waals surface area contributed by atoms with Crippen molar-refractivity contribution in [1.29, 1.82) is 0 Å². The molecule has 0 bridgehead atoms. The number of nitrogens with one attached hydrogen (secondary N) is 1. The van der Waals surface area contributed by atoms with Gasteiger partial charge in [-0.1, -0.05) is 25.3 Å². The summed E-state index contributed by atoms with van der Waals surface area (Å²) in [6.07, 6.45) is 12.4. The molecule has 1 saturated carbocycles. The summed E-state index contributed by atoms with van der Waals surface area (Å²) < 4.78 is 2.20. The van der Waals surface area contributed by atoms with Gasteiger partial charge < -0.3 is 9.88 Å². The molecule has 0 saturated heterocycles. The molecule has 2 aromatic rings. The molecule has 0 unspecified atom stereocenters. The van der Waals surface area contributed by atoms with Crippen molar-refractivity contribution >= 4 is 5.95 Å². The Labute approximate surface area is 120 Å². The molecule has 1 aliphatic carbocycles. The lowest BCUT2D eigenvalue weighted by Crippen LogP contribution is -2.24. The van der Waals surface area contributed by atoms with E-state index in [0.29, 0.717) is 6.04 Å². The molecule has 4 heteroatoms. The van der Waals surface area contributed by atoms with E-state index in [0.717, 1.165) is 18.2 Å². The number of rotatable bonds is 4. The first-order valence-electron chi connectivity index (χ1n) is 7.50.